The van der Waals surface area contributed by atoms with Gasteiger partial charge in [0, 0.05) is 24.9 Å². The highest BCUT2D eigenvalue weighted by Gasteiger charge is 2.47. The zero-order chi connectivity index (χ0) is 13.3. The molecule has 0 aromatic carbocycles. The summed E-state index contributed by atoms with van der Waals surface area (Å²) in [4.78, 5) is 2.52. The van der Waals surface area contributed by atoms with E-state index in [0.717, 1.165) is 25.8 Å². The van der Waals surface area contributed by atoms with Gasteiger partial charge in [-0.1, -0.05) is 12.8 Å². The molecule has 19 heavy (non-hydrogen) atoms. The molecule has 2 aliphatic heterocycles. The first-order chi connectivity index (χ1) is 9.20. The summed E-state index contributed by atoms with van der Waals surface area (Å²) in [6, 6.07) is 0.777. The first-order valence-electron chi connectivity index (χ1n) is 7.92. The zero-order valence-corrected chi connectivity index (χ0v) is 12.0. The Labute approximate surface area is 116 Å². The van der Waals surface area contributed by atoms with Crippen molar-refractivity contribution in [2.24, 2.45) is 0 Å². The molecule has 1 N–H and O–H groups in total. The minimum Gasteiger partial charge on any atom is -0.391 e. The lowest BCUT2D eigenvalue weighted by molar-refractivity contribution is -0.207. The van der Waals surface area contributed by atoms with Gasteiger partial charge in [-0.3, -0.25) is 4.90 Å². The number of likely N-dealkylation sites (tertiary alicyclic amines) is 1. The van der Waals surface area contributed by atoms with E-state index < -0.39 is 5.79 Å². The van der Waals surface area contributed by atoms with Crippen molar-refractivity contribution in [1.82, 2.24) is 4.90 Å². The van der Waals surface area contributed by atoms with Gasteiger partial charge in [-0.25, -0.2) is 0 Å². The Kier molecular flexibility index (Phi) is 4.13. The summed E-state index contributed by atoms with van der Waals surface area (Å²) >= 11 is 0. The summed E-state index contributed by atoms with van der Waals surface area (Å²) in [6.45, 7) is 4.82. The largest absolute Gasteiger partial charge is 0.391 e. The fourth-order valence-corrected chi connectivity index (χ4v) is 4.00. The lowest BCUT2D eigenvalue weighted by Gasteiger charge is -2.45. The number of ether oxygens (including phenoxy) is 2. The summed E-state index contributed by atoms with van der Waals surface area (Å²) in [7, 11) is 0. The van der Waals surface area contributed by atoms with Crippen LogP contribution in [-0.4, -0.2) is 53.7 Å². The quantitative estimate of drug-likeness (QED) is 0.789. The minimum atomic E-state index is -0.393. The van der Waals surface area contributed by atoms with Crippen LogP contribution in [-0.2, 0) is 9.47 Å². The van der Waals surface area contributed by atoms with Gasteiger partial charge in [-0.2, -0.15) is 0 Å². The molecular formula is C15H27NO3. The van der Waals surface area contributed by atoms with Crippen LogP contribution in [0.15, 0.2) is 0 Å². The van der Waals surface area contributed by atoms with Gasteiger partial charge in [0.05, 0.1) is 19.3 Å². The lowest BCUT2D eigenvalue weighted by Crippen LogP contribution is -2.55. The Morgan fingerprint density at radius 2 is 1.89 bits per heavy atom. The van der Waals surface area contributed by atoms with Gasteiger partial charge < -0.3 is 14.6 Å². The van der Waals surface area contributed by atoms with Gasteiger partial charge in [0.1, 0.15) is 0 Å². The SMILES string of the molecule is CC1CCCCCN1C1CC2(CCC1O)OCCO2. The number of aliphatic hydroxyl groups is 1. The Hall–Kier alpha value is -0.160. The van der Waals surface area contributed by atoms with Gasteiger partial charge in [-0.05, 0) is 32.7 Å². The van der Waals surface area contributed by atoms with E-state index in [1.807, 2.05) is 0 Å². The van der Waals surface area contributed by atoms with E-state index >= 15 is 0 Å². The summed E-state index contributed by atoms with van der Waals surface area (Å²) in [5, 5.41) is 10.4. The van der Waals surface area contributed by atoms with E-state index in [1.165, 1.54) is 25.7 Å². The predicted molar refractivity (Wildman–Crippen MR) is 72.9 cm³/mol. The Bertz CT molecular complexity index is 304. The number of nitrogens with zero attached hydrogens (tertiary/aromatic N) is 1. The molecule has 3 aliphatic rings. The van der Waals surface area contributed by atoms with Crippen LogP contribution in [0.2, 0.25) is 0 Å². The Morgan fingerprint density at radius 1 is 1.11 bits per heavy atom. The third-order valence-electron chi connectivity index (χ3n) is 5.13. The van der Waals surface area contributed by atoms with Crippen molar-refractivity contribution in [2.75, 3.05) is 19.8 Å². The standard InChI is InChI=1S/C15H27NO3/c1-12-5-3-2-4-8-16(12)13-11-15(7-6-14(13)17)18-9-10-19-15/h12-14,17H,2-11H2,1H3. The highest BCUT2D eigenvalue weighted by atomic mass is 16.7. The first kappa shape index (κ1) is 13.8. The topological polar surface area (TPSA) is 41.9 Å². The normalized spacial score (nSPS) is 40.4. The van der Waals surface area contributed by atoms with Crippen LogP contribution in [0, 0.1) is 0 Å². The molecule has 0 aromatic rings. The average Bonchev–Trinajstić information content (AvgIpc) is 2.75. The van der Waals surface area contributed by atoms with Gasteiger partial charge >= 0.3 is 0 Å². The highest BCUT2D eigenvalue weighted by Crippen LogP contribution is 2.39. The number of aliphatic hydroxyl groups excluding tert-OH is 1. The molecule has 4 nitrogen and oxygen atoms in total. The van der Waals surface area contributed by atoms with E-state index in [9.17, 15) is 5.11 Å². The fourth-order valence-electron chi connectivity index (χ4n) is 4.00. The highest BCUT2D eigenvalue weighted by molar-refractivity contribution is 4.94. The zero-order valence-electron chi connectivity index (χ0n) is 12.0. The molecule has 0 aromatic heterocycles. The minimum absolute atomic E-state index is 0.208. The lowest BCUT2D eigenvalue weighted by atomic mass is 9.85. The molecule has 3 unspecified atom stereocenters. The molecule has 0 radical (unpaired) electrons. The molecule has 2 saturated heterocycles. The second kappa shape index (κ2) is 5.68. The molecule has 4 heteroatoms. The fraction of sp³-hybridized carbons (Fsp3) is 1.00. The van der Waals surface area contributed by atoms with Crippen LogP contribution in [0.4, 0.5) is 0 Å². The summed E-state index contributed by atoms with van der Waals surface area (Å²) in [6.07, 6.45) is 7.39. The third-order valence-corrected chi connectivity index (χ3v) is 5.13. The van der Waals surface area contributed by atoms with Crippen molar-refractivity contribution in [2.45, 2.75) is 75.8 Å². The second-order valence-corrected chi connectivity index (χ2v) is 6.42. The maximum Gasteiger partial charge on any atom is 0.170 e. The molecule has 110 valence electrons. The molecule has 0 amide bonds. The van der Waals surface area contributed by atoms with Crippen LogP contribution in [0.25, 0.3) is 0 Å². The van der Waals surface area contributed by atoms with Gasteiger partial charge in [0.25, 0.3) is 0 Å². The number of rotatable bonds is 1. The summed E-state index contributed by atoms with van der Waals surface area (Å²) < 4.78 is 11.7. The monoisotopic (exact) mass is 269 g/mol. The molecule has 1 aliphatic carbocycles. The van der Waals surface area contributed by atoms with Crippen molar-refractivity contribution in [3.8, 4) is 0 Å². The maximum atomic E-state index is 10.4. The predicted octanol–water partition coefficient (Wildman–Crippen LogP) is 1.91. The molecule has 3 atom stereocenters. The smallest absolute Gasteiger partial charge is 0.170 e. The van der Waals surface area contributed by atoms with Crippen LogP contribution < -0.4 is 0 Å². The van der Waals surface area contributed by atoms with Gasteiger partial charge in [0.15, 0.2) is 5.79 Å². The van der Waals surface area contributed by atoms with Crippen LogP contribution in [0.5, 0.6) is 0 Å². The van der Waals surface area contributed by atoms with Crippen LogP contribution in [0.3, 0.4) is 0 Å². The molecule has 1 spiro atoms. The third kappa shape index (κ3) is 2.82. The van der Waals surface area contributed by atoms with Crippen molar-refractivity contribution in [3.05, 3.63) is 0 Å². The van der Waals surface area contributed by atoms with Gasteiger partial charge in [0.2, 0.25) is 0 Å². The molecule has 0 bridgehead atoms. The molecule has 3 fully saturated rings. The Morgan fingerprint density at radius 3 is 2.68 bits per heavy atom. The van der Waals surface area contributed by atoms with E-state index in [-0.39, 0.29) is 12.1 Å². The number of hydrogen-bond donors (Lipinski definition) is 1. The molecule has 2 heterocycles. The van der Waals surface area contributed by atoms with E-state index in [2.05, 4.69) is 11.8 Å². The van der Waals surface area contributed by atoms with Crippen molar-refractivity contribution in [1.29, 1.82) is 0 Å². The van der Waals surface area contributed by atoms with Crippen molar-refractivity contribution in [3.63, 3.8) is 0 Å². The van der Waals surface area contributed by atoms with Gasteiger partial charge in [-0.15, -0.1) is 0 Å². The van der Waals surface area contributed by atoms with E-state index in [4.69, 9.17) is 9.47 Å². The van der Waals surface area contributed by atoms with Crippen LogP contribution >= 0.6 is 0 Å². The van der Waals surface area contributed by atoms with Crippen LogP contribution in [0.1, 0.15) is 51.9 Å². The van der Waals surface area contributed by atoms with E-state index in [0.29, 0.717) is 19.3 Å². The van der Waals surface area contributed by atoms with Crippen molar-refractivity contribution < 1.29 is 14.6 Å². The second-order valence-electron chi connectivity index (χ2n) is 6.42. The maximum absolute atomic E-state index is 10.4. The Balaban J connectivity index is 1.73. The summed E-state index contributed by atoms with van der Waals surface area (Å²) in [5.41, 5.74) is 0. The molecule has 1 saturated carbocycles. The molecular weight excluding hydrogens is 242 g/mol. The van der Waals surface area contributed by atoms with E-state index in [1.54, 1.807) is 0 Å². The number of hydrogen-bond acceptors (Lipinski definition) is 4. The van der Waals surface area contributed by atoms with Crippen molar-refractivity contribution >= 4 is 0 Å². The first-order valence-corrected chi connectivity index (χ1v) is 7.92. The average molecular weight is 269 g/mol. The molecule has 3 rings (SSSR count). The summed E-state index contributed by atoms with van der Waals surface area (Å²) in [5.74, 6) is -0.393.